The molecule has 1 unspecified atom stereocenters. The number of hydrogen-bond donors (Lipinski definition) is 2. The van der Waals surface area contributed by atoms with Crippen LogP contribution in [0.25, 0.3) is 0 Å². The molecule has 0 aliphatic carbocycles. The van der Waals surface area contributed by atoms with E-state index in [1.165, 1.54) is 13.2 Å². The predicted molar refractivity (Wildman–Crippen MR) is 87.7 cm³/mol. The number of sulfonamides is 1. The van der Waals surface area contributed by atoms with E-state index in [4.69, 9.17) is 4.74 Å². The normalized spacial score (nSPS) is 17.5. The van der Waals surface area contributed by atoms with E-state index in [2.05, 4.69) is 10.0 Å². The van der Waals surface area contributed by atoms with Crippen LogP contribution in [0.15, 0.2) is 23.1 Å². The van der Waals surface area contributed by atoms with E-state index in [1.807, 2.05) is 0 Å². The Morgan fingerprint density at radius 3 is 2.78 bits per heavy atom. The first kappa shape index (κ1) is 19.6. The van der Waals surface area contributed by atoms with Gasteiger partial charge in [0, 0.05) is 18.7 Å². The van der Waals surface area contributed by atoms with Crippen LogP contribution in [0.4, 0.5) is 5.69 Å². The van der Waals surface area contributed by atoms with E-state index in [-0.39, 0.29) is 28.7 Å². The number of hydrogen-bond acceptors (Lipinski definition) is 6. The Bertz CT molecular complexity index is 647. The molecule has 1 aromatic rings. The Morgan fingerprint density at radius 1 is 1.48 bits per heavy atom. The lowest BCUT2D eigenvalue weighted by Gasteiger charge is -2.11. The minimum absolute atomic E-state index is 0. The number of nitro benzene ring substituents is 1. The van der Waals surface area contributed by atoms with Gasteiger partial charge < -0.3 is 10.1 Å². The summed E-state index contributed by atoms with van der Waals surface area (Å²) in [5.41, 5.74) is -0.265. The van der Waals surface area contributed by atoms with Crippen molar-refractivity contribution in [2.45, 2.75) is 17.7 Å². The van der Waals surface area contributed by atoms with Gasteiger partial charge in [0.2, 0.25) is 10.0 Å². The van der Waals surface area contributed by atoms with Gasteiger partial charge in [0.1, 0.15) is 0 Å². The zero-order valence-corrected chi connectivity index (χ0v) is 14.3. The average molecular weight is 366 g/mol. The topological polar surface area (TPSA) is 111 Å². The second-order valence-corrected chi connectivity index (χ2v) is 6.90. The van der Waals surface area contributed by atoms with Gasteiger partial charge in [-0.25, -0.2) is 13.1 Å². The molecule has 2 rings (SSSR count). The molecule has 0 spiro atoms. The van der Waals surface area contributed by atoms with Crippen LogP contribution in [0.5, 0.6) is 5.75 Å². The zero-order valence-electron chi connectivity index (χ0n) is 12.6. The van der Waals surface area contributed by atoms with Gasteiger partial charge in [0.05, 0.1) is 16.9 Å². The highest BCUT2D eigenvalue weighted by Gasteiger charge is 2.21. The molecule has 1 saturated heterocycles. The fourth-order valence-corrected chi connectivity index (χ4v) is 3.48. The van der Waals surface area contributed by atoms with Gasteiger partial charge in [-0.3, -0.25) is 10.1 Å². The first-order valence-corrected chi connectivity index (χ1v) is 8.45. The molecule has 130 valence electrons. The van der Waals surface area contributed by atoms with Gasteiger partial charge in [-0.1, -0.05) is 0 Å². The molecule has 23 heavy (non-hydrogen) atoms. The summed E-state index contributed by atoms with van der Waals surface area (Å²) in [7, 11) is -2.44. The predicted octanol–water partition coefficient (Wildman–Crippen LogP) is 1.30. The lowest BCUT2D eigenvalue weighted by molar-refractivity contribution is -0.385. The van der Waals surface area contributed by atoms with Gasteiger partial charge in [-0.05, 0) is 37.9 Å². The molecule has 1 aliphatic rings. The highest BCUT2D eigenvalue weighted by Crippen LogP contribution is 2.29. The van der Waals surface area contributed by atoms with Gasteiger partial charge in [-0.2, -0.15) is 0 Å². The quantitative estimate of drug-likeness (QED) is 0.556. The summed E-state index contributed by atoms with van der Waals surface area (Å²) in [5.74, 6) is 0.405. The smallest absolute Gasteiger partial charge is 0.310 e. The summed E-state index contributed by atoms with van der Waals surface area (Å²) in [6, 6.07) is 3.51. The van der Waals surface area contributed by atoms with Crippen LogP contribution >= 0.6 is 12.4 Å². The molecule has 1 atom stereocenters. The fraction of sp³-hybridized carbons (Fsp3) is 0.538. The minimum atomic E-state index is -3.70. The van der Waals surface area contributed by atoms with Gasteiger partial charge in [-0.15, -0.1) is 12.4 Å². The number of nitrogens with zero attached hydrogens (tertiary/aromatic N) is 1. The van der Waals surface area contributed by atoms with Crippen LogP contribution in [-0.4, -0.2) is 40.1 Å². The van der Waals surface area contributed by atoms with Crippen molar-refractivity contribution in [2.75, 3.05) is 26.7 Å². The fourth-order valence-electron chi connectivity index (χ4n) is 2.42. The maximum absolute atomic E-state index is 12.2. The third-order valence-corrected chi connectivity index (χ3v) is 5.12. The van der Waals surface area contributed by atoms with Crippen LogP contribution in [0.2, 0.25) is 0 Å². The molecule has 0 radical (unpaired) electrons. The molecular weight excluding hydrogens is 346 g/mol. The number of nitro groups is 1. The van der Waals surface area contributed by atoms with E-state index in [9.17, 15) is 18.5 Å². The number of halogens is 1. The number of ether oxygens (including phenoxy) is 1. The first-order valence-electron chi connectivity index (χ1n) is 6.97. The molecule has 0 saturated carbocycles. The van der Waals surface area contributed by atoms with E-state index in [0.29, 0.717) is 12.5 Å². The molecule has 1 aromatic carbocycles. The number of benzene rings is 1. The number of methoxy groups -OCH3 is 1. The van der Waals surface area contributed by atoms with Gasteiger partial charge in [0.25, 0.3) is 0 Å². The highest BCUT2D eigenvalue weighted by molar-refractivity contribution is 7.89. The molecule has 8 nitrogen and oxygen atoms in total. The van der Waals surface area contributed by atoms with Crippen molar-refractivity contribution in [1.82, 2.24) is 10.0 Å². The van der Waals surface area contributed by atoms with Crippen LogP contribution < -0.4 is 14.8 Å². The molecular formula is C13H20ClN3O5S. The van der Waals surface area contributed by atoms with Gasteiger partial charge in [0.15, 0.2) is 5.75 Å². The van der Waals surface area contributed by atoms with E-state index in [0.717, 1.165) is 38.1 Å². The van der Waals surface area contributed by atoms with Crippen molar-refractivity contribution in [3.63, 3.8) is 0 Å². The number of nitrogens with one attached hydrogen (secondary N) is 2. The summed E-state index contributed by atoms with van der Waals surface area (Å²) in [5, 5.41) is 14.0. The largest absolute Gasteiger partial charge is 0.490 e. The van der Waals surface area contributed by atoms with E-state index in [1.54, 1.807) is 0 Å². The highest BCUT2D eigenvalue weighted by atomic mass is 35.5. The second-order valence-electron chi connectivity index (χ2n) is 5.14. The van der Waals surface area contributed by atoms with Crippen molar-refractivity contribution < 1.29 is 18.1 Å². The molecule has 1 fully saturated rings. The lowest BCUT2D eigenvalue weighted by atomic mass is 10.1. The average Bonchev–Trinajstić information content (AvgIpc) is 2.99. The monoisotopic (exact) mass is 365 g/mol. The van der Waals surface area contributed by atoms with Crippen molar-refractivity contribution in [3.8, 4) is 5.75 Å². The van der Waals surface area contributed by atoms with Crippen LogP contribution in [0.1, 0.15) is 12.8 Å². The summed E-state index contributed by atoms with van der Waals surface area (Å²) in [6.45, 7) is 2.22. The van der Waals surface area contributed by atoms with E-state index >= 15 is 0 Å². The summed E-state index contributed by atoms with van der Waals surface area (Å²) < 4.78 is 31.8. The molecule has 0 bridgehead atoms. The molecule has 0 amide bonds. The van der Waals surface area contributed by atoms with Crippen molar-refractivity contribution >= 4 is 28.1 Å². The second kappa shape index (κ2) is 8.44. The summed E-state index contributed by atoms with van der Waals surface area (Å²) in [6.07, 6.45) is 1.81. The van der Waals surface area contributed by atoms with Gasteiger partial charge >= 0.3 is 5.69 Å². The standard InChI is InChI=1S/C13H19N3O5S.ClH/c1-21-13-8-11(2-3-12(13)16(17)18)22(19,20)15-7-5-10-4-6-14-9-10;/h2-3,8,10,14-15H,4-7,9H2,1H3;1H. The third-order valence-electron chi connectivity index (χ3n) is 3.67. The van der Waals surface area contributed by atoms with Crippen LogP contribution in [-0.2, 0) is 10.0 Å². The Balaban J connectivity index is 0.00000264. The summed E-state index contributed by atoms with van der Waals surface area (Å²) >= 11 is 0. The molecule has 0 aromatic heterocycles. The van der Waals surface area contributed by atoms with Crippen LogP contribution in [0.3, 0.4) is 0 Å². The third kappa shape index (κ3) is 5.03. The van der Waals surface area contributed by atoms with E-state index < -0.39 is 14.9 Å². The maximum Gasteiger partial charge on any atom is 0.310 e. The first-order chi connectivity index (χ1) is 10.4. The lowest BCUT2D eigenvalue weighted by Crippen LogP contribution is -2.26. The Morgan fingerprint density at radius 2 is 2.22 bits per heavy atom. The SMILES string of the molecule is COc1cc(S(=O)(=O)NCCC2CCNC2)ccc1[N+](=O)[O-].Cl. The molecule has 2 N–H and O–H groups in total. The minimum Gasteiger partial charge on any atom is -0.490 e. The summed E-state index contributed by atoms with van der Waals surface area (Å²) in [4.78, 5) is 10.2. The Hall–Kier alpha value is -1.42. The molecule has 1 heterocycles. The molecule has 1 aliphatic heterocycles. The number of rotatable bonds is 7. The van der Waals surface area contributed by atoms with Crippen molar-refractivity contribution in [1.29, 1.82) is 0 Å². The maximum atomic E-state index is 12.2. The van der Waals surface area contributed by atoms with Crippen molar-refractivity contribution in [3.05, 3.63) is 28.3 Å². The Kier molecular flexibility index (Phi) is 7.20. The molecule has 10 heteroatoms. The zero-order chi connectivity index (χ0) is 16.2. The van der Waals surface area contributed by atoms with Crippen LogP contribution in [0, 0.1) is 16.0 Å². The van der Waals surface area contributed by atoms with Crippen molar-refractivity contribution in [2.24, 2.45) is 5.92 Å². The Labute approximate surface area is 141 Å².